The first-order chi connectivity index (χ1) is 11.3. The number of carbonyl (C=O) groups is 1. The predicted octanol–water partition coefficient (Wildman–Crippen LogP) is 4.02. The lowest BCUT2D eigenvalue weighted by molar-refractivity contribution is -0.163. The molecule has 1 heterocycles. The molecule has 1 N–H and O–H groups in total. The minimum Gasteiger partial charge on any atom is -0.497 e. The highest BCUT2D eigenvalue weighted by Crippen LogP contribution is 2.41. The van der Waals surface area contributed by atoms with E-state index in [0.29, 0.717) is 0 Å². The molecule has 0 aromatic heterocycles. The first-order valence-corrected chi connectivity index (χ1v) is 8.53. The van der Waals surface area contributed by atoms with Crippen molar-refractivity contribution in [3.8, 4) is 5.75 Å². The molecule has 0 bridgehead atoms. The Balaban J connectivity index is 2.43. The van der Waals surface area contributed by atoms with Crippen molar-refractivity contribution in [2.24, 2.45) is 5.41 Å². The Labute approximate surface area is 145 Å². The van der Waals surface area contributed by atoms with Crippen molar-refractivity contribution in [3.63, 3.8) is 0 Å². The van der Waals surface area contributed by atoms with Gasteiger partial charge in [-0.3, -0.25) is 4.79 Å². The van der Waals surface area contributed by atoms with Gasteiger partial charge in [-0.25, -0.2) is 0 Å². The van der Waals surface area contributed by atoms with Gasteiger partial charge in [-0.15, -0.1) is 6.58 Å². The fourth-order valence-electron chi connectivity index (χ4n) is 3.18. The highest BCUT2D eigenvalue weighted by Gasteiger charge is 2.44. The van der Waals surface area contributed by atoms with E-state index in [1.54, 1.807) is 7.11 Å². The first kappa shape index (κ1) is 18.5. The third kappa shape index (κ3) is 3.99. The van der Waals surface area contributed by atoms with Gasteiger partial charge >= 0.3 is 5.97 Å². The lowest BCUT2D eigenvalue weighted by Gasteiger charge is -2.38. The number of benzene rings is 1. The third-order valence-electron chi connectivity index (χ3n) is 4.52. The molecule has 0 aliphatic carbocycles. The van der Waals surface area contributed by atoms with Crippen molar-refractivity contribution in [3.05, 3.63) is 42.5 Å². The molecular weight excluding hydrogens is 302 g/mol. The highest BCUT2D eigenvalue weighted by molar-refractivity contribution is 5.75. The zero-order valence-corrected chi connectivity index (χ0v) is 15.2. The maximum atomic E-state index is 12.6. The summed E-state index contributed by atoms with van der Waals surface area (Å²) in [7, 11) is 1.64. The van der Waals surface area contributed by atoms with Gasteiger partial charge in [0.15, 0.2) is 0 Å². The summed E-state index contributed by atoms with van der Waals surface area (Å²) in [5.41, 5.74) is 0.0864. The number of methoxy groups -OCH3 is 1. The summed E-state index contributed by atoms with van der Waals surface area (Å²) in [4.78, 5) is 12.6. The maximum Gasteiger partial charge on any atom is 0.311 e. The third-order valence-corrected chi connectivity index (χ3v) is 4.52. The molecule has 1 aromatic rings. The van der Waals surface area contributed by atoms with Gasteiger partial charge in [0.2, 0.25) is 0 Å². The number of esters is 1. The fourth-order valence-corrected chi connectivity index (χ4v) is 3.18. The number of hydrogen-bond donors (Lipinski definition) is 1. The van der Waals surface area contributed by atoms with E-state index in [1.165, 1.54) is 0 Å². The molecule has 1 aliphatic rings. The van der Waals surface area contributed by atoms with Gasteiger partial charge in [-0.05, 0) is 64.3 Å². The van der Waals surface area contributed by atoms with Gasteiger partial charge in [-0.1, -0.05) is 18.2 Å². The lowest BCUT2D eigenvalue weighted by Crippen LogP contribution is -2.47. The zero-order chi connectivity index (χ0) is 17.8. The van der Waals surface area contributed by atoms with Crippen molar-refractivity contribution < 1.29 is 14.3 Å². The molecule has 0 spiro atoms. The number of ether oxygens (including phenoxy) is 2. The van der Waals surface area contributed by atoms with E-state index in [9.17, 15) is 4.79 Å². The summed E-state index contributed by atoms with van der Waals surface area (Å²) in [6.45, 7) is 10.4. The molecule has 0 radical (unpaired) electrons. The Hall–Kier alpha value is -1.81. The lowest BCUT2D eigenvalue weighted by atomic mass is 9.82. The van der Waals surface area contributed by atoms with Crippen LogP contribution in [-0.4, -0.2) is 25.2 Å². The van der Waals surface area contributed by atoms with Crippen LogP contribution >= 0.6 is 0 Å². The second-order valence-corrected chi connectivity index (χ2v) is 7.49. The van der Waals surface area contributed by atoms with Crippen LogP contribution in [0, 0.1) is 5.41 Å². The minimum absolute atomic E-state index is 0.201. The van der Waals surface area contributed by atoms with E-state index in [1.807, 2.05) is 51.1 Å². The van der Waals surface area contributed by atoms with Crippen LogP contribution in [0.25, 0.3) is 0 Å². The summed E-state index contributed by atoms with van der Waals surface area (Å²) in [5.74, 6) is 0.559. The van der Waals surface area contributed by atoms with Gasteiger partial charge in [0.1, 0.15) is 11.9 Å². The second kappa shape index (κ2) is 7.39. The number of rotatable bonds is 6. The molecule has 0 amide bonds. The Bertz CT molecular complexity index is 583. The monoisotopic (exact) mass is 331 g/mol. The van der Waals surface area contributed by atoms with E-state index in [4.69, 9.17) is 9.47 Å². The highest BCUT2D eigenvalue weighted by atomic mass is 16.5. The Kier molecular flexibility index (Phi) is 5.70. The molecule has 0 unspecified atom stereocenters. The van der Waals surface area contributed by atoms with Crippen LogP contribution in [0.1, 0.15) is 51.7 Å². The SMILES string of the molecule is C=CC[C@]1([C@@H](OC(=O)C(C)(C)C)c2cccc(OC)c2)CCCN1. The number of hydrogen-bond acceptors (Lipinski definition) is 4. The average Bonchev–Trinajstić information content (AvgIpc) is 3.01. The van der Waals surface area contributed by atoms with Crippen LogP contribution in [0.3, 0.4) is 0 Å². The molecule has 0 saturated carbocycles. The molecule has 4 heteroatoms. The van der Waals surface area contributed by atoms with Crippen molar-refractivity contribution in [2.45, 2.75) is 51.7 Å². The van der Waals surface area contributed by atoms with E-state index in [-0.39, 0.29) is 17.6 Å². The number of nitrogens with one attached hydrogen (secondary N) is 1. The van der Waals surface area contributed by atoms with Crippen molar-refractivity contribution in [2.75, 3.05) is 13.7 Å². The summed E-state index contributed by atoms with van der Waals surface area (Å²) in [6, 6.07) is 7.77. The van der Waals surface area contributed by atoms with E-state index in [0.717, 1.165) is 37.1 Å². The molecular formula is C20H29NO3. The smallest absolute Gasteiger partial charge is 0.311 e. The van der Waals surface area contributed by atoms with Gasteiger partial charge in [-0.2, -0.15) is 0 Å². The minimum atomic E-state index is -0.551. The van der Waals surface area contributed by atoms with E-state index < -0.39 is 5.41 Å². The topological polar surface area (TPSA) is 47.6 Å². The first-order valence-electron chi connectivity index (χ1n) is 8.53. The zero-order valence-electron chi connectivity index (χ0n) is 15.2. The van der Waals surface area contributed by atoms with Crippen LogP contribution in [0.15, 0.2) is 36.9 Å². The quantitative estimate of drug-likeness (QED) is 0.632. The fraction of sp³-hybridized carbons (Fsp3) is 0.550. The summed E-state index contributed by atoms with van der Waals surface area (Å²) in [6.07, 6.45) is 4.27. The van der Waals surface area contributed by atoms with Crippen molar-refractivity contribution in [1.82, 2.24) is 5.32 Å². The van der Waals surface area contributed by atoms with E-state index >= 15 is 0 Å². The molecule has 24 heavy (non-hydrogen) atoms. The predicted molar refractivity (Wildman–Crippen MR) is 96.1 cm³/mol. The van der Waals surface area contributed by atoms with Crippen LogP contribution in [-0.2, 0) is 9.53 Å². The molecule has 2 rings (SSSR count). The van der Waals surface area contributed by atoms with Crippen molar-refractivity contribution in [1.29, 1.82) is 0 Å². The van der Waals surface area contributed by atoms with E-state index in [2.05, 4.69) is 11.9 Å². The molecule has 1 fully saturated rings. The van der Waals surface area contributed by atoms with Gasteiger partial charge in [0, 0.05) is 0 Å². The van der Waals surface area contributed by atoms with Crippen LogP contribution < -0.4 is 10.1 Å². The normalized spacial score (nSPS) is 22.0. The standard InChI is InChI=1S/C20H29NO3/c1-6-11-20(12-8-13-21-20)17(24-18(22)19(2,3)4)15-9-7-10-16(14-15)23-5/h6-7,9-10,14,17,21H,1,8,11-13H2,2-5H3/t17-,20+/m0/s1. The summed E-state index contributed by atoms with van der Waals surface area (Å²) >= 11 is 0. The molecule has 1 saturated heterocycles. The van der Waals surface area contributed by atoms with Crippen LogP contribution in [0.2, 0.25) is 0 Å². The largest absolute Gasteiger partial charge is 0.497 e. The summed E-state index contributed by atoms with van der Waals surface area (Å²) < 4.78 is 11.4. The average molecular weight is 331 g/mol. The Morgan fingerprint density at radius 1 is 1.46 bits per heavy atom. The Morgan fingerprint density at radius 2 is 2.21 bits per heavy atom. The molecule has 2 atom stereocenters. The second-order valence-electron chi connectivity index (χ2n) is 7.49. The van der Waals surface area contributed by atoms with Gasteiger partial charge in [0.05, 0.1) is 18.1 Å². The van der Waals surface area contributed by atoms with Gasteiger partial charge < -0.3 is 14.8 Å². The Morgan fingerprint density at radius 3 is 2.75 bits per heavy atom. The van der Waals surface area contributed by atoms with Crippen LogP contribution in [0.5, 0.6) is 5.75 Å². The molecule has 132 valence electrons. The van der Waals surface area contributed by atoms with Gasteiger partial charge in [0.25, 0.3) is 0 Å². The molecule has 1 aromatic carbocycles. The maximum absolute atomic E-state index is 12.6. The number of carbonyl (C=O) groups excluding carboxylic acids is 1. The molecule has 4 nitrogen and oxygen atoms in total. The van der Waals surface area contributed by atoms with Crippen molar-refractivity contribution >= 4 is 5.97 Å². The van der Waals surface area contributed by atoms with Crippen LogP contribution in [0.4, 0.5) is 0 Å². The molecule has 1 aliphatic heterocycles. The summed E-state index contributed by atoms with van der Waals surface area (Å²) in [5, 5.41) is 3.57.